The maximum atomic E-state index is 13.9. The van der Waals surface area contributed by atoms with E-state index in [1.165, 1.54) is 20.3 Å². The monoisotopic (exact) mass is 866 g/mol. The molecule has 0 aliphatic carbocycles. The van der Waals surface area contributed by atoms with Gasteiger partial charge in [-0.3, -0.25) is 0 Å². The number of esters is 1. The van der Waals surface area contributed by atoms with Gasteiger partial charge in [0.2, 0.25) is 5.76 Å². The summed E-state index contributed by atoms with van der Waals surface area (Å²) >= 11 is 0. The summed E-state index contributed by atoms with van der Waals surface area (Å²) in [5.41, 5.74) is 6.78. The van der Waals surface area contributed by atoms with Gasteiger partial charge in [0.1, 0.15) is 12.2 Å². The quantitative estimate of drug-likeness (QED) is 0.119. The minimum Gasteiger partial charge on any atom is -0.490 e. The molecule has 0 aromatic heterocycles. The van der Waals surface area contributed by atoms with Crippen molar-refractivity contribution in [2.75, 3.05) is 14.2 Å². The van der Waals surface area contributed by atoms with Crippen LogP contribution in [0.15, 0.2) is 59.4 Å². The number of aliphatic hydroxyl groups excluding tert-OH is 4. The average molecular weight is 866 g/mol. The Kier molecular flexibility index (Phi) is 20.1. The third kappa shape index (κ3) is 13.7. The minimum absolute atomic E-state index is 0.0313. The number of methoxy groups -OCH3 is 2. The van der Waals surface area contributed by atoms with E-state index in [1.807, 2.05) is 53.7 Å². The number of primary amides is 1. The molecule has 7 N–H and O–H groups in total. The fraction of sp³-hybridized carbons (Fsp3) is 0.739. The Morgan fingerprint density at radius 1 is 1.10 bits per heavy atom. The van der Waals surface area contributed by atoms with E-state index in [1.54, 1.807) is 52.0 Å². The maximum Gasteiger partial charge on any atom is 0.404 e. The number of ether oxygens (including phenoxy) is 7. The van der Waals surface area contributed by atoms with Gasteiger partial charge in [-0.15, -0.1) is 0 Å². The van der Waals surface area contributed by atoms with Gasteiger partial charge in [-0.05, 0) is 52.5 Å². The van der Waals surface area contributed by atoms with E-state index in [9.17, 15) is 35.1 Å². The molecule has 0 aromatic carbocycles. The number of hydrogen-bond acceptors (Lipinski definition) is 14. The second kappa shape index (κ2) is 23.5. The number of cyclic esters (lactones) is 1. The molecule has 3 heterocycles. The average Bonchev–Trinajstić information content (AvgIpc) is 3.19. The number of rotatable bonds is 11. The van der Waals surface area contributed by atoms with E-state index >= 15 is 0 Å². The highest BCUT2D eigenvalue weighted by atomic mass is 16.7. The van der Waals surface area contributed by atoms with Crippen molar-refractivity contribution in [1.82, 2.24) is 0 Å². The minimum atomic E-state index is -1.97. The Balaban J connectivity index is 2.00. The Morgan fingerprint density at radius 2 is 1.77 bits per heavy atom. The van der Waals surface area contributed by atoms with Crippen LogP contribution in [-0.2, 0) is 38.0 Å². The second-order valence-electron chi connectivity index (χ2n) is 17.5. The van der Waals surface area contributed by atoms with Crippen LogP contribution in [0.25, 0.3) is 0 Å². The molecular formula is C46H75NO14. The van der Waals surface area contributed by atoms with Crippen molar-refractivity contribution in [1.29, 1.82) is 0 Å². The standard InChI is InChI=1S/C46H75NO14/c1-13-16-34-28(7)37(58-38-22-33(48)43(31(10)57-38)60-45(47)53)23-46(54,61-34)30(9)41(51)29(8)42-35(55-11)18-15-17-24(3)19-26(5)39(49)32(14-2)40(50)27(6)20-25(4)21-36(56-12)44(52)59-42/h13,15-18,20-21,26-35,37-43,48-51,54H,14,19,22-23H2,1-12H3,(H2,47,53)/b16-13+,18-15-,24-17-,25-20-,36-21+. The van der Waals surface area contributed by atoms with Gasteiger partial charge in [0.05, 0.1) is 49.8 Å². The fourth-order valence-corrected chi connectivity index (χ4v) is 8.94. The number of carbonyl (C=O) groups excluding carboxylic acids is 2. The Morgan fingerprint density at radius 3 is 2.34 bits per heavy atom. The van der Waals surface area contributed by atoms with Crippen LogP contribution in [0.4, 0.5) is 4.79 Å². The van der Waals surface area contributed by atoms with Crippen molar-refractivity contribution >= 4 is 12.1 Å². The van der Waals surface area contributed by atoms with Gasteiger partial charge in [-0.25, -0.2) is 9.59 Å². The molecule has 0 spiro atoms. The van der Waals surface area contributed by atoms with Crippen molar-refractivity contribution in [3.05, 3.63) is 59.4 Å². The Hall–Kier alpha value is -3.12. The molecule has 2 saturated heterocycles. The number of hydrogen-bond donors (Lipinski definition) is 6. The highest BCUT2D eigenvalue weighted by Crippen LogP contribution is 2.42. The number of aliphatic hydroxyl groups is 5. The highest BCUT2D eigenvalue weighted by Gasteiger charge is 2.52. The zero-order chi connectivity index (χ0) is 45.9. The molecule has 1 amide bonds. The molecule has 18 atom stereocenters. The van der Waals surface area contributed by atoms with E-state index in [4.69, 9.17) is 38.9 Å². The second-order valence-corrected chi connectivity index (χ2v) is 17.5. The number of amides is 1. The molecule has 2 fully saturated rings. The van der Waals surface area contributed by atoms with Crippen LogP contribution in [0, 0.1) is 35.5 Å². The normalized spacial score (nSPS) is 42.2. The van der Waals surface area contributed by atoms with Gasteiger partial charge < -0.3 is 64.4 Å². The van der Waals surface area contributed by atoms with Gasteiger partial charge in [-0.1, -0.05) is 89.1 Å². The van der Waals surface area contributed by atoms with Crippen LogP contribution in [0.5, 0.6) is 0 Å². The molecule has 15 nitrogen and oxygen atoms in total. The molecule has 348 valence electrons. The first kappa shape index (κ1) is 52.2. The van der Waals surface area contributed by atoms with Gasteiger partial charge in [0.25, 0.3) is 0 Å². The first-order valence-corrected chi connectivity index (χ1v) is 21.7. The zero-order valence-electron chi connectivity index (χ0n) is 38.2. The summed E-state index contributed by atoms with van der Waals surface area (Å²) in [5, 5.41) is 58.0. The number of allylic oxidation sites excluding steroid dienone is 6. The summed E-state index contributed by atoms with van der Waals surface area (Å²) in [6.07, 6.45) is 2.20. The molecule has 18 unspecified atom stereocenters. The Bertz CT molecular complexity index is 1570. The SMILES string of the molecule is C/C=C/C1OC(O)(C(C)C(O)C(C)C2OC(=O)/C(OC)=C\C(C)=C/C(C)C(O)C(CC)C(O)C(C)C/C(C)=C\C=C/C2OC)CC(OC2CC(O)C(OC(N)=O)C(C)O2)C1C. The van der Waals surface area contributed by atoms with Crippen LogP contribution in [0.1, 0.15) is 94.9 Å². The summed E-state index contributed by atoms with van der Waals surface area (Å²) in [6, 6.07) is 0. The van der Waals surface area contributed by atoms with Gasteiger partial charge >= 0.3 is 12.1 Å². The first-order chi connectivity index (χ1) is 28.6. The smallest absolute Gasteiger partial charge is 0.404 e. The summed E-state index contributed by atoms with van der Waals surface area (Å²) in [4.78, 5) is 25.4. The molecule has 0 saturated carbocycles. The maximum absolute atomic E-state index is 13.9. The van der Waals surface area contributed by atoms with Crippen LogP contribution in [0.2, 0.25) is 0 Å². The third-order valence-electron chi connectivity index (χ3n) is 12.8. The van der Waals surface area contributed by atoms with E-state index in [2.05, 4.69) is 0 Å². The lowest BCUT2D eigenvalue weighted by Crippen LogP contribution is -2.59. The van der Waals surface area contributed by atoms with Gasteiger partial charge in [-0.2, -0.15) is 0 Å². The molecule has 3 aliphatic heterocycles. The zero-order valence-corrected chi connectivity index (χ0v) is 38.2. The van der Waals surface area contributed by atoms with Crippen molar-refractivity contribution in [3.8, 4) is 0 Å². The van der Waals surface area contributed by atoms with Crippen molar-refractivity contribution in [2.24, 2.45) is 41.2 Å². The summed E-state index contributed by atoms with van der Waals surface area (Å²) < 4.78 is 41.4. The van der Waals surface area contributed by atoms with Crippen molar-refractivity contribution in [2.45, 2.75) is 168 Å². The van der Waals surface area contributed by atoms with E-state index in [0.717, 1.165) is 5.57 Å². The van der Waals surface area contributed by atoms with Crippen LogP contribution in [-0.4, -0.2) is 125 Å². The topological polar surface area (TPSA) is 226 Å². The van der Waals surface area contributed by atoms with Crippen molar-refractivity contribution in [3.63, 3.8) is 0 Å². The predicted octanol–water partition coefficient (Wildman–Crippen LogP) is 4.98. The summed E-state index contributed by atoms with van der Waals surface area (Å²) in [7, 11) is 2.81. The van der Waals surface area contributed by atoms with Crippen molar-refractivity contribution < 1.29 is 68.3 Å². The lowest BCUT2D eigenvalue weighted by atomic mass is 9.77. The largest absolute Gasteiger partial charge is 0.490 e. The third-order valence-corrected chi connectivity index (χ3v) is 12.8. The summed E-state index contributed by atoms with van der Waals surface area (Å²) in [5.74, 6) is -6.00. The van der Waals surface area contributed by atoms with Gasteiger partial charge in [0.15, 0.2) is 18.2 Å². The molecular weight excluding hydrogens is 790 g/mol. The predicted molar refractivity (Wildman–Crippen MR) is 228 cm³/mol. The van der Waals surface area contributed by atoms with E-state index < -0.39 is 97.0 Å². The molecule has 0 radical (unpaired) electrons. The summed E-state index contributed by atoms with van der Waals surface area (Å²) in [6.45, 7) is 18.2. The first-order valence-electron chi connectivity index (χ1n) is 21.7. The lowest BCUT2D eigenvalue weighted by molar-refractivity contribution is -0.338. The molecule has 3 aliphatic rings. The highest BCUT2D eigenvalue weighted by molar-refractivity contribution is 5.87. The van der Waals surface area contributed by atoms with Crippen LogP contribution >= 0.6 is 0 Å². The molecule has 0 aromatic rings. The van der Waals surface area contributed by atoms with Gasteiger partial charge in [0, 0.05) is 49.5 Å². The fourth-order valence-electron chi connectivity index (χ4n) is 8.94. The lowest BCUT2D eigenvalue weighted by Gasteiger charge is -2.49. The number of carbonyl (C=O) groups is 2. The van der Waals surface area contributed by atoms with E-state index in [0.29, 0.717) is 18.4 Å². The molecule has 61 heavy (non-hydrogen) atoms. The molecule has 3 rings (SSSR count). The molecule has 0 bridgehead atoms. The van der Waals surface area contributed by atoms with Crippen LogP contribution < -0.4 is 5.73 Å². The van der Waals surface area contributed by atoms with E-state index in [-0.39, 0.29) is 42.3 Å². The van der Waals surface area contributed by atoms with Crippen LogP contribution in [0.3, 0.4) is 0 Å². The number of nitrogens with two attached hydrogens (primary N) is 1. The molecule has 15 heteroatoms. The Labute approximate surface area is 362 Å².